The van der Waals surface area contributed by atoms with Crippen molar-refractivity contribution in [1.29, 1.82) is 0 Å². The van der Waals surface area contributed by atoms with Gasteiger partial charge >= 0.3 is 0 Å². The van der Waals surface area contributed by atoms with Crippen LogP contribution in [0.5, 0.6) is 0 Å². The van der Waals surface area contributed by atoms with Crippen LogP contribution in [0.4, 0.5) is 0 Å². The largest absolute Gasteiger partial charge is 0.352 e. The SMILES string of the molecule is CC(C)(C)c1ccc(CCC(=O)NCc2cccc(S(N)(=O)=O)c2)cc1. The summed E-state index contributed by atoms with van der Waals surface area (Å²) >= 11 is 0. The normalized spacial score (nSPS) is 12.0. The van der Waals surface area contributed by atoms with E-state index in [-0.39, 0.29) is 22.8 Å². The van der Waals surface area contributed by atoms with Crippen molar-refractivity contribution in [2.24, 2.45) is 5.14 Å². The van der Waals surface area contributed by atoms with E-state index in [1.54, 1.807) is 12.1 Å². The maximum absolute atomic E-state index is 12.0. The summed E-state index contributed by atoms with van der Waals surface area (Å²) in [5.74, 6) is -0.0779. The Morgan fingerprint density at radius 2 is 1.69 bits per heavy atom. The van der Waals surface area contributed by atoms with Crippen LogP contribution in [0.2, 0.25) is 0 Å². The highest BCUT2D eigenvalue weighted by atomic mass is 32.2. The average Bonchev–Trinajstić information content (AvgIpc) is 2.57. The number of rotatable bonds is 6. The number of benzene rings is 2. The molecule has 26 heavy (non-hydrogen) atoms. The minimum Gasteiger partial charge on any atom is -0.352 e. The highest BCUT2D eigenvalue weighted by molar-refractivity contribution is 7.89. The fraction of sp³-hybridized carbons (Fsp3) is 0.350. The minimum atomic E-state index is -3.74. The maximum atomic E-state index is 12.0. The van der Waals surface area contributed by atoms with Crippen molar-refractivity contribution in [3.05, 3.63) is 65.2 Å². The number of nitrogens with one attached hydrogen (secondary N) is 1. The zero-order chi connectivity index (χ0) is 19.4. The molecule has 0 fully saturated rings. The van der Waals surface area contributed by atoms with Crippen molar-refractivity contribution in [1.82, 2.24) is 5.32 Å². The zero-order valence-electron chi connectivity index (χ0n) is 15.5. The molecule has 0 spiro atoms. The highest BCUT2D eigenvalue weighted by Crippen LogP contribution is 2.22. The molecule has 5 nitrogen and oxygen atoms in total. The molecule has 0 aliphatic rings. The van der Waals surface area contributed by atoms with Crippen molar-refractivity contribution >= 4 is 15.9 Å². The number of sulfonamides is 1. The van der Waals surface area contributed by atoms with Gasteiger partial charge in [-0.1, -0.05) is 57.2 Å². The van der Waals surface area contributed by atoms with E-state index in [0.29, 0.717) is 18.4 Å². The summed E-state index contributed by atoms with van der Waals surface area (Å²) in [5, 5.41) is 7.92. The van der Waals surface area contributed by atoms with E-state index in [0.717, 1.165) is 5.56 Å². The summed E-state index contributed by atoms with van der Waals surface area (Å²) in [6, 6.07) is 14.6. The lowest BCUT2D eigenvalue weighted by Crippen LogP contribution is -2.23. The van der Waals surface area contributed by atoms with Gasteiger partial charge in [0.05, 0.1) is 4.90 Å². The van der Waals surface area contributed by atoms with Gasteiger partial charge in [0.25, 0.3) is 0 Å². The fourth-order valence-corrected chi connectivity index (χ4v) is 3.13. The predicted octanol–water partition coefficient (Wildman–Crippen LogP) is 2.88. The van der Waals surface area contributed by atoms with Gasteiger partial charge < -0.3 is 5.32 Å². The van der Waals surface area contributed by atoms with E-state index in [1.165, 1.54) is 17.7 Å². The van der Waals surface area contributed by atoms with Gasteiger partial charge in [-0.05, 0) is 40.7 Å². The third-order valence-corrected chi connectivity index (χ3v) is 5.09. The lowest BCUT2D eigenvalue weighted by atomic mass is 9.86. The predicted molar refractivity (Wildman–Crippen MR) is 103 cm³/mol. The van der Waals surface area contributed by atoms with Crippen molar-refractivity contribution in [3.63, 3.8) is 0 Å². The first-order chi connectivity index (χ1) is 12.1. The summed E-state index contributed by atoms with van der Waals surface area (Å²) in [6.07, 6.45) is 1.04. The molecular formula is C20H26N2O3S. The molecule has 3 N–H and O–H groups in total. The molecule has 2 aromatic carbocycles. The van der Waals surface area contributed by atoms with Crippen molar-refractivity contribution in [2.45, 2.75) is 50.5 Å². The molecule has 2 rings (SSSR count). The number of carbonyl (C=O) groups is 1. The Morgan fingerprint density at radius 1 is 1.04 bits per heavy atom. The fourth-order valence-electron chi connectivity index (χ4n) is 2.55. The quantitative estimate of drug-likeness (QED) is 0.815. The van der Waals surface area contributed by atoms with Crippen LogP contribution in [0.1, 0.15) is 43.9 Å². The molecule has 0 aliphatic carbocycles. The van der Waals surface area contributed by atoms with E-state index < -0.39 is 10.0 Å². The summed E-state index contributed by atoms with van der Waals surface area (Å²) in [5.41, 5.74) is 3.19. The molecule has 140 valence electrons. The Balaban J connectivity index is 1.86. The van der Waals surface area contributed by atoms with E-state index in [1.807, 2.05) is 0 Å². The first kappa shape index (κ1) is 20.1. The Kier molecular flexibility index (Phi) is 6.21. The van der Waals surface area contributed by atoms with E-state index in [9.17, 15) is 13.2 Å². The summed E-state index contributed by atoms with van der Waals surface area (Å²) < 4.78 is 22.7. The molecule has 0 atom stereocenters. The molecular weight excluding hydrogens is 348 g/mol. The average molecular weight is 375 g/mol. The van der Waals surface area contributed by atoms with Gasteiger partial charge in [-0.3, -0.25) is 4.79 Å². The molecule has 0 bridgehead atoms. The van der Waals surface area contributed by atoms with Crippen LogP contribution in [0, 0.1) is 0 Å². The number of carbonyl (C=O) groups excluding carboxylic acids is 1. The van der Waals surface area contributed by atoms with Gasteiger partial charge in [0.1, 0.15) is 0 Å². The second-order valence-corrected chi connectivity index (χ2v) is 8.98. The standard InChI is InChI=1S/C20H26N2O3S/c1-20(2,3)17-10-7-15(8-11-17)9-12-19(23)22-14-16-5-4-6-18(13-16)26(21,24)25/h4-8,10-11,13H,9,12,14H2,1-3H3,(H,22,23)(H2,21,24,25). The smallest absolute Gasteiger partial charge is 0.238 e. The molecule has 0 aliphatic heterocycles. The molecule has 0 saturated carbocycles. The van der Waals surface area contributed by atoms with Crippen LogP contribution in [-0.2, 0) is 33.2 Å². The summed E-state index contributed by atoms with van der Waals surface area (Å²) in [6.45, 7) is 6.77. The summed E-state index contributed by atoms with van der Waals surface area (Å²) in [4.78, 5) is 12.1. The number of hydrogen-bond acceptors (Lipinski definition) is 3. The number of aryl methyl sites for hydroxylation is 1. The second kappa shape index (κ2) is 8.01. The second-order valence-electron chi connectivity index (χ2n) is 7.42. The van der Waals surface area contributed by atoms with Gasteiger partial charge in [0.15, 0.2) is 0 Å². The van der Waals surface area contributed by atoms with E-state index in [4.69, 9.17) is 5.14 Å². The molecule has 0 aromatic heterocycles. The number of primary sulfonamides is 1. The van der Waals surface area contributed by atoms with Crippen LogP contribution in [0.25, 0.3) is 0 Å². The number of hydrogen-bond donors (Lipinski definition) is 2. The monoisotopic (exact) mass is 374 g/mol. The Hall–Kier alpha value is -2.18. The molecule has 6 heteroatoms. The van der Waals surface area contributed by atoms with Crippen LogP contribution in [-0.4, -0.2) is 14.3 Å². The molecule has 2 aromatic rings. The lowest BCUT2D eigenvalue weighted by molar-refractivity contribution is -0.121. The van der Waals surface area contributed by atoms with Crippen molar-refractivity contribution in [3.8, 4) is 0 Å². The van der Waals surface area contributed by atoms with Crippen molar-refractivity contribution in [2.75, 3.05) is 0 Å². The maximum Gasteiger partial charge on any atom is 0.238 e. The molecule has 0 unspecified atom stereocenters. The molecule has 1 amide bonds. The first-order valence-corrected chi connectivity index (χ1v) is 10.1. The Labute approximate surface area is 155 Å². The van der Waals surface area contributed by atoms with Crippen molar-refractivity contribution < 1.29 is 13.2 Å². The van der Waals surface area contributed by atoms with Crippen LogP contribution in [0.3, 0.4) is 0 Å². The van der Waals surface area contributed by atoms with Gasteiger partial charge in [0, 0.05) is 13.0 Å². The van der Waals surface area contributed by atoms with Gasteiger partial charge in [-0.2, -0.15) is 0 Å². The molecule has 0 saturated heterocycles. The lowest BCUT2D eigenvalue weighted by Gasteiger charge is -2.19. The first-order valence-electron chi connectivity index (χ1n) is 8.53. The molecule has 0 radical (unpaired) electrons. The third kappa shape index (κ3) is 5.97. The van der Waals surface area contributed by atoms with Crippen LogP contribution < -0.4 is 10.5 Å². The molecule has 0 heterocycles. The van der Waals surface area contributed by atoms with Crippen LogP contribution >= 0.6 is 0 Å². The minimum absolute atomic E-state index is 0.0446. The number of nitrogens with two attached hydrogens (primary N) is 1. The topological polar surface area (TPSA) is 89.3 Å². The van der Waals surface area contributed by atoms with Gasteiger partial charge in [0.2, 0.25) is 15.9 Å². The van der Waals surface area contributed by atoms with E-state index in [2.05, 4.69) is 50.4 Å². The van der Waals surface area contributed by atoms with Crippen LogP contribution in [0.15, 0.2) is 53.4 Å². The third-order valence-electron chi connectivity index (χ3n) is 4.18. The van der Waals surface area contributed by atoms with Gasteiger partial charge in [-0.15, -0.1) is 0 Å². The summed E-state index contributed by atoms with van der Waals surface area (Å²) in [7, 11) is -3.74. The zero-order valence-corrected chi connectivity index (χ0v) is 16.3. The van der Waals surface area contributed by atoms with E-state index >= 15 is 0 Å². The van der Waals surface area contributed by atoms with Gasteiger partial charge in [-0.25, -0.2) is 13.6 Å². The number of amides is 1. The highest BCUT2D eigenvalue weighted by Gasteiger charge is 2.13. The Morgan fingerprint density at radius 3 is 2.27 bits per heavy atom. The Bertz CT molecular complexity index is 867.